The van der Waals surface area contributed by atoms with Crippen LogP contribution in [0.1, 0.15) is 69.8 Å². The minimum atomic E-state index is 0.162. The molecule has 6 heteroatoms. The van der Waals surface area contributed by atoms with Gasteiger partial charge in [0.1, 0.15) is 6.10 Å². The number of hydrogen-bond acceptors (Lipinski definition) is 5. The van der Waals surface area contributed by atoms with Crippen molar-refractivity contribution in [1.82, 2.24) is 14.9 Å². The molecule has 1 aromatic rings. The third-order valence-corrected chi connectivity index (χ3v) is 6.90. The first kappa shape index (κ1) is 18.1. The van der Waals surface area contributed by atoms with Crippen LogP contribution in [0.5, 0.6) is 5.88 Å². The molecular weight excluding hydrogens is 352 g/mol. The van der Waals surface area contributed by atoms with Gasteiger partial charge in [0.2, 0.25) is 11.8 Å². The highest BCUT2D eigenvalue weighted by molar-refractivity contribution is 6.04. The lowest BCUT2D eigenvalue weighted by Crippen LogP contribution is -2.46. The standard InChI is InChI=1S/C22H30N4O2/c27-22-10-8-20(24-26(22)18-5-2-6-18)16-7-9-21(23-15-16)28-19-11-13-25(14-12-19)17-3-1-4-17/h7,9,15,17-19H,1-6,8,10-14H2. The number of carbonyl (C=O) groups excluding carboxylic acids is 1. The summed E-state index contributed by atoms with van der Waals surface area (Å²) in [4.78, 5) is 19.3. The van der Waals surface area contributed by atoms with Crippen LogP contribution in [0, 0.1) is 0 Å². The average Bonchev–Trinajstić information content (AvgIpc) is 2.63. The lowest BCUT2D eigenvalue weighted by atomic mass is 9.90. The number of rotatable bonds is 5. The van der Waals surface area contributed by atoms with Crippen LogP contribution in [0.15, 0.2) is 23.4 Å². The van der Waals surface area contributed by atoms with Crippen LogP contribution in [0.25, 0.3) is 0 Å². The number of ether oxygens (including phenoxy) is 1. The van der Waals surface area contributed by atoms with Crippen LogP contribution in [-0.4, -0.2) is 57.8 Å². The molecule has 28 heavy (non-hydrogen) atoms. The molecule has 150 valence electrons. The average molecular weight is 383 g/mol. The van der Waals surface area contributed by atoms with Crippen LogP contribution < -0.4 is 4.74 Å². The van der Waals surface area contributed by atoms with Gasteiger partial charge in [-0.3, -0.25) is 4.79 Å². The van der Waals surface area contributed by atoms with Crippen molar-refractivity contribution >= 4 is 11.6 Å². The highest BCUT2D eigenvalue weighted by Crippen LogP contribution is 2.30. The second-order valence-corrected chi connectivity index (χ2v) is 8.69. The van der Waals surface area contributed by atoms with E-state index < -0.39 is 0 Å². The van der Waals surface area contributed by atoms with E-state index in [1.54, 1.807) is 5.01 Å². The van der Waals surface area contributed by atoms with Crippen molar-refractivity contribution in [3.05, 3.63) is 23.9 Å². The maximum atomic E-state index is 12.1. The molecule has 4 aliphatic rings. The summed E-state index contributed by atoms with van der Waals surface area (Å²) >= 11 is 0. The fourth-order valence-corrected chi connectivity index (χ4v) is 4.60. The zero-order chi connectivity index (χ0) is 18.9. The second kappa shape index (κ2) is 7.82. The fourth-order valence-electron chi connectivity index (χ4n) is 4.60. The lowest BCUT2D eigenvalue weighted by Gasteiger charge is -2.41. The Balaban J connectivity index is 1.18. The molecule has 2 saturated carbocycles. The predicted octanol–water partition coefficient (Wildman–Crippen LogP) is 3.36. The van der Waals surface area contributed by atoms with Crippen LogP contribution >= 0.6 is 0 Å². The number of carbonyl (C=O) groups is 1. The minimum absolute atomic E-state index is 0.162. The highest BCUT2D eigenvalue weighted by Gasteiger charge is 2.32. The van der Waals surface area contributed by atoms with Gasteiger partial charge in [-0.15, -0.1) is 0 Å². The van der Waals surface area contributed by atoms with E-state index in [-0.39, 0.29) is 12.0 Å². The van der Waals surface area contributed by atoms with Gasteiger partial charge in [0, 0.05) is 49.8 Å². The molecular formula is C22H30N4O2. The van der Waals surface area contributed by atoms with Crippen LogP contribution in [0.4, 0.5) is 0 Å². The number of nitrogens with zero attached hydrogens (tertiary/aromatic N) is 4. The van der Waals surface area contributed by atoms with Crippen molar-refractivity contribution < 1.29 is 9.53 Å². The maximum absolute atomic E-state index is 12.1. The summed E-state index contributed by atoms with van der Waals surface area (Å²) in [7, 11) is 0. The summed E-state index contributed by atoms with van der Waals surface area (Å²) in [5, 5.41) is 6.38. The van der Waals surface area contributed by atoms with Crippen molar-refractivity contribution in [3.63, 3.8) is 0 Å². The first-order valence-corrected chi connectivity index (χ1v) is 11.0. The SMILES string of the molecule is O=C1CCC(c2ccc(OC3CCN(C4CCC4)CC3)nc2)=NN1C1CCC1. The molecule has 3 fully saturated rings. The van der Waals surface area contributed by atoms with Crippen molar-refractivity contribution in [3.8, 4) is 5.88 Å². The summed E-state index contributed by atoms with van der Waals surface area (Å²) in [6.45, 7) is 2.30. The number of aromatic nitrogens is 1. The van der Waals surface area contributed by atoms with Gasteiger partial charge in [-0.05, 0) is 51.0 Å². The topological polar surface area (TPSA) is 58.0 Å². The van der Waals surface area contributed by atoms with Crippen LogP contribution in [0.2, 0.25) is 0 Å². The van der Waals surface area contributed by atoms with Gasteiger partial charge in [-0.2, -0.15) is 5.10 Å². The quantitative estimate of drug-likeness (QED) is 0.784. The maximum Gasteiger partial charge on any atom is 0.243 e. The molecule has 1 aromatic heterocycles. The highest BCUT2D eigenvalue weighted by atomic mass is 16.5. The smallest absolute Gasteiger partial charge is 0.243 e. The molecule has 5 rings (SSSR count). The molecule has 0 bridgehead atoms. The molecule has 6 nitrogen and oxygen atoms in total. The molecule has 0 spiro atoms. The fraction of sp³-hybridized carbons (Fsp3) is 0.682. The number of likely N-dealkylation sites (tertiary alicyclic amines) is 1. The Bertz CT molecular complexity index is 731. The van der Waals surface area contributed by atoms with E-state index >= 15 is 0 Å². The molecule has 1 saturated heterocycles. The van der Waals surface area contributed by atoms with Gasteiger partial charge < -0.3 is 9.64 Å². The van der Waals surface area contributed by atoms with E-state index in [9.17, 15) is 4.79 Å². The largest absolute Gasteiger partial charge is 0.474 e. The van der Waals surface area contributed by atoms with Crippen LogP contribution in [-0.2, 0) is 4.79 Å². The zero-order valence-electron chi connectivity index (χ0n) is 16.6. The number of hydrogen-bond donors (Lipinski definition) is 0. The van der Waals surface area contributed by atoms with Crippen molar-refractivity contribution in [2.45, 2.75) is 82.4 Å². The van der Waals surface area contributed by atoms with E-state index in [2.05, 4.69) is 15.0 Å². The number of amides is 1. The third kappa shape index (κ3) is 3.66. The Kier molecular flexibility index (Phi) is 5.05. The molecule has 1 amide bonds. The normalized spacial score (nSPS) is 25.2. The Morgan fingerprint density at radius 1 is 0.929 bits per heavy atom. The summed E-state index contributed by atoms with van der Waals surface area (Å²) in [6, 6.07) is 5.14. The minimum Gasteiger partial charge on any atom is -0.474 e. The first-order chi connectivity index (χ1) is 13.8. The second-order valence-electron chi connectivity index (χ2n) is 8.69. The van der Waals surface area contributed by atoms with Gasteiger partial charge in [-0.1, -0.05) is 6.42 Å². The third-order valence-electron chi connectivity index (χ3n) is 6.90. The van der Waals surface area contributed by atoms with Gasteiger partial charge >= 0.3 is 0 Å². The molecule has 0 N–H and O–H groups in total. The lowest BCUT2D eigenvalue weighted by molar-refractivity contribution is -0.135. The van der Waals surface area contributed by atoms with Gasteiger partial charge in [0.15, 0.2) is 0 Å². The van der Waals surface area contributed by atoms with E-state index in [0.717, 1.165) is 56.1 Å². The van der Waals surface area contributed by atoms with Gasteiger partial charge in [-0.25, -0.2) is 9.99 Å². The molecule has 0 unspecified atom stereocenters. The summed E-state index contributed by atoms with van der Waals surface area (Å²) in [5.41, 5.74) is 1.98. The predicted molar refractivity (Wildman–Crippen MR) is 107 cm³/mol. The Hall–Kier alpha value is -1.95. The van der Waals surface area contributed by atoms with Crippen LogP contribution in [0.3, 0.4) is 0 Å². The van der Waals surface area contributed by atoms with Crippen molar-refractivity contribution in [2.75, 3.05) is 13.1 Å². The Morgan fingerprint density at radius 3 is 2.29 bits per heavy atom. The summed E-state index contributed by atoms with van der Waals surface area (Å²) < 4.78 is 6.14. The van der Waals surface area contributed by atoms with E-state index in [1.165, 1.54) is 25.7 Å². The molecule has 2 aliphatic carbocycles. The first-order valence-electron chi connectivity index (χ1n) is 11.0. The number of pyridine rings is 1. The summed E-state index contributed by atoms with van der Waals surface area (Å²) in [6.07, 6.45) is 13.1. The summed E-state index contributed by atoms with van der Waals surface area (Å²) in [5.74, 6) is 0.865. The van der Waals surface area contributed by atoms with Gasteiger partial charge in [0.05, 0.1) is 11.8 Å². The monoisotopic (exact) mass is 382 g/mol. The van der Waals surface area contributed by atoms with Gasteiger partial charge in [0.25, 0.3) is 0 Å². The van der Waals surface area contributed by atoms with Crippen molar-refractivity contribution in [1.29, 1.82) is 0 Å². The zero-order valence-corrected chi connectivity index (χ0v) is 16.6. The molecule has 3 heterocycles. The van der Waals surface area contributed by atoms with E-state index in [0.29, 0.717) is 24.8 Å². The molecule has 0 atom stereocenters. The molecule has 0 aromatic carbocycles. The number of hydrazone groups is 1. The van der Waals surface area contributed by atoms with E-state index in [1.807, 2.05) is 18.3 Å². The van der Waals surface area contributed by atoms with Crippen molar-refractivity contribution in [2.24, 2.45) is 5.10 Å². The Labute approximate surface area is 166 Å². The number of piperidine rings is 1. The molecule has 0 radical (unpaired) electrons. The Morgan fingerprint density at radius 2 is 1.68 bits per heavy atom. The van der Waals surface area contributed by atoms with E-state index in [4.69, 9.17) is 4.74 Å². The molecule has 2 aliphatic heterocycles.